The summed E-state index contributed by atoms with van der Waals surface area (Å²) in [4.78, 5) is 28.5. The van der Waals surface area contributed by atoms with E-state index in [1.54, 1.807) is 27.5 Å². The number of carbonyl (C=O) groups is 1. The van der Waals surface area contributed by atoms with E-state index in [1.807, 2.05) is 35.2 Å². The molecular weight excluding hydrogens is 334 g/mol. The van der Waals surface area contributed by atoms with Crippen molar-refractivity contribution in [3.05, 3.63) is 57.1 Å². The number of hydrogen-bond donors (Lipinski definition) is 0. The van der Waals surface area contributed by atoms with E-state index >= 15 is 0 Å². The lowest BCUT2D eigenvalue weighted by atomic mass is 10.2. The van der Waals surface area contributed by atoms with Crippen molar-refractivity contribution in [2.24, 2.45) is 7.05 Å². The third kappa shape index (κ3) is 2.80. The van der Waals surface area contributed by atoms with Gasteiger partial charge in [-0.25, -0.2) is 4.79 Å². The average Bonchev–Trinajstić information content (AvgIpc) is 3.35. The highest BCUT2D eigenvalue weighted by molar-refractivity contribution is 7.10. The highest BCUT2D eigenvalue weighted by atomic mass is 32.1. The van der Waals surface area contributed by atoms with Gasteiger partial charge in [0.25, 0.3) is 0 Å². The molecule has 3 heterocycles. The van der Waals surface area contributed by atoms with Gasteiger partial charge < -0.3 is 4.90 Å². The number of imidazole rings is 1. The van der Waals surface area contributed by atoms with Crippen molar-refractivity contribution < 1.29 is 4.79 Å². The third-order valence-corrected chi connectivity index (χ3v) is 6.02. The normalized spacial score (nSPS) is 17.5. The molecule has 2 aromatic heterocycles. The summed E-state index contributed by atoms with van der Waals surface area (Å²) in [6, 6.07) is 12.1. The summed E-state index contributed by atoms with van der Waals surface area (Å²) in [7, 11) is 1.77. The molecule has 0 N–H and O–H groups in total. The van der Waals surface area contributed by atoms with Crippen molar-refractivity contribution in [2.45, 2.75) is 31.8 Å². The van der Waals surface area contributed by atoms with E-state index in [0.717, 1.165) is 30.4 Å². The molecular formula is C19H21N3O2S. The van der Waals surface area contributed by atoms with Gasteiger partial charge in [-0.05, 0) is 36.4 Å². The fraction of sp³-hybridized carbons (Fsp3) is 0.368. The van der Waals surface area contributed by atoms with E-state index in [4.69, 9.17) is 0 Å². The van der Waals surface area contributed by atoms with Crippen LogP contribution in [0, 0.1) is 0 Å². The molecule has 1 aliphatic heterocycles. The molecule has 6 heteroatoms. The minimum absolute atomic E-state index is 0.0646. The van der Waals surface area contributed by atoms with Crippen molar-refractivity contribution in [2.75, 3.05) is 6.54 Å². The van der Waals surface area contributed by atoms with Gasteiger partial charge in [0.2, 0.25) is 5.91 Å². The van der Waals surface area contributed by atoms with E-state index in [9.17, 15) is 9.59 Å². The fourth-order valence-electron chi connectivity index (χ4n) is 3.77. The smallest absolute Gasteiger partial charge is 0.328 e. The van der Waals surface area contributed by atoms with Gasteiger partial charge in [0, 0.05) is 31.4 Å². The Kier molecular flexibility index (Phi) is 4.21. The Morgan fingerprint density at radius 1 is 1.20 bits per heavy atom. The Balaban J connectivity index is 1.53. The average molecular weight is 355 g/mol. The van der Waals surface area contributed by atoms with Crippen LogP contribution in [0.3, 0.4) is 0 Å². The van der Waals surface area contributed by atoms with Crippen molar-refractivity contribution in [1.29, 1.82) is 0 Å². The Bertz CT molecular complexity index is 955. The first-order valence-corrected chi connectivity index (χ1v) is 9.52. The summed E-state index contributed by atoms with van der Waals surface area (Å²) < 4.78 is 3.35. The fourth-order valence-corrected chi connectivity index (χ4v) is 4.65. The van der Waals surface area contributed by atoms with Crippen molar-refractivity contribution in [3.8, 4) is 0 Å². The maximum Gasteiger partial charge on any atom is 0.328 e. The van der Waals surface area contributed by atoms with Crippen molar-refractivity contribution in [1.82, 2.24) is 14.0 Å². The summed E-state index contributed by atoms with van der Waals surface area (Å²) >= 11 is 1.71. The van der Waals surface area contributed by atoms with Crippen molar-refractivity contribution >= 4 is 28.3 Å². The molecule has 3 aromatic rings. The highest BCUT2D eigenvalue weighted by Gasteiger charge is 2.30. The molecule has 1 amide bonds. The lowest BCUT2D eigenvalue weighted by Gasteiger charge is -2.24. The minimum atomic E-state index is -0.0646. The van der Waals surface area contributed by atoms with Gasteiger partial charge in [0.1, 0.15) is 0 Å². The summed E-state index contributed by atoms with van der Waals surface area (Å²) in [6.45, 7) is 1.23. The SMILES string of the molecule is Cn1c(=O)n(CCC(=O)N2CCCC2c2cccs2)c2ccccc21. The van der Waals surface area contributed by atoms with E-state index in [1.165, 1.54) is 4.88 Å². The number of aromatic nitrogens is 2. The lowest BCUT2D eigenvalue weighted by molar-refractivity contribution is -0.132. The largest absolute Gasteiger partial charge is 0.335 e. The van der Waals surface area contributed by atoms with E-state index in [-0.39, 0.29) is 17.6 Å². The minimum Gasteiger partial charge on any atom is -0.335 e. The zero-order valence-electron chi connectivity index (χ0n) is 14.2. The molecule has 0 saturated carbocycles. The lowest BCUT2D eigenvalue weighted by Crippen LogP contribution is -2.32. The van der Waals surface area contributed by atoms with Crippen LogP contribution in [0.1, 0.15) is 30.2 Å². The van der Waals surface area contributed by atoms with Gasteiger partial charge in [-0.2, -0.15) is 0 Å². The van der Waals surface area contributed by atoms with Crippen LogP contribution < -0.4 is 5.69 Å². The number of carbonyl (C=O) groups excluding carboxylic acids is 1. The predicted molar refractivity (Wildman–Crippen MR) is 99.8 cm³/mol. The zero-order chi connectivity index (χ0) is 17.4. The molecule has 25 heavy (non-hydrogen) atoms. The van der Waals surface area contributed by atoms with Gasteiger partial charge in [0.05, 0.1) is 17.1 Å². The van der Waals surface area contributed by atoms with Crippen LogP contribution in [0.2, 0.25) is 0 Å². The number of fused-ring (bicyclic) bond motifs is 1. The Hall–Kier alpha value is -2.34. The molecule has 1 aliphatic rings. The summed E-state index contributed by atoms with van der Waals surface area (Å²) in [5.74, 6) is 0.135. The van der Waals surface area contributed by atoms with E-state index < -0.39 is 0 Å². The van der Waals surface area contributed by atoms with Crippen LogP contribution in [-0.2, 0) is 18.4 Å². The molecule has 5 nitrogen and oxygen atoms in total. The van der Waals surface area contributed by atoms with E-state index in [2.05, 4.69) is 11.4 Å². The monoisotopic (exact) mass is 355 g/mol. The van der Waals surface area contributed by atoms with Crippen molar-refractivity contribution in [3.63, 3.8) is 0 Å². The number of aryl methyl sites for hydroxylation is 2. The molecule has 4 rings (SSSR count). The van der Waals surface area contributed by atoms with Crippen LogP contribution in [0.4, 0.5) is 0 Å². The maximum absolute atomic E-state index is 12.8. The number of rotatable bonds is 4. The number of para-hydroxylation sites is 2. The maximum atomic E-state index is 12.8. The first-order valence-electron chi connectivity index (χ1n) is 8.64. The number of amides is 1. The van der Waals surface area contributed by atoms with Gasteiger partial charge in [-0.3, -0.25) is 13.9 Å². The van der Waals surface area contributed by atoms with Gasteiger partial charge >= 0.3 is 5.69 Å². The molecule has 1 unspecified atom stereocenters. The molecule has 0 aliphatic carbocycles. The first-order chi connectivity index (χ1) is 12.2. The van der Waals surface area contributed by atoms with Crippen LogP contribution in [-0.4, -0.2) is 26.5 Å². The number of nitrogens with zero attached hydrogens (tertiary/aromatic N) is 3. The molecule has 1 aromatic carbocycles. The van der Waals surface area contributed by atoms with E-state index in [0.29, 0.717) is 13.0 Å². The Morgan fingerprint density at radius 2 is 2.00 bits per heavy atom. The Labute approximate surface area is 150 Å². The van der Waals surface area contributed by atoms with Crippen LogP contribution in [0.15, 0.2) is 46.6 Å². The standard InChI is InChI=1S/C19H21N3O2S/c1-20-14-6-2-3-7-15(14)22(19(20)24)12-10-18(23)21-11-4-8-16(21)17-9-5-13-25-17/h2-3,5-7,9,13,16H,4,8,10-12H2,1H3. The molecule has 0 spiro atoms. The summed E-state index contributed by atoms with van der Waals surface area (Å²) in [5, 5.41) is 2.06. The second kappa shape index (κ2) is 6.52. The topological polar surface area (TPSA) is 47.2 Å². The number of hydrogen-bond acceptors (Lipinski definition) is 3. The predicted octanol–water partition coefficient (Wildman–Crippen LogP) is 3.16. The van der Waals surface area contributed by atoms with Gasteiger partial charge in [0.15, 0.2) is 0 Å². The number of likely N-dealkylation sites (tertiary alicyclic amines) is 1. The summed E-state index contributed by atoms with van der Waals surface area (Å²) in [5.41, 5.74) is 1.72. The second-order valence-electron chi connectivity index (χ2n) is 6.49. The molecule has 1 saturated heterocycles. The van der Waals surface area contributed by atoms with Crippen LogP contribution in [0.5, 0.6) is 0 Å². The Morgan fingerprint density at radius 3 is 2.76 bits per heavy atom. The van der Waals surface area contributed by atoms with Crippen LogP contribution in [0.25, 0.3) is 11.0 Å². The van der Waals surface area contributed by atoms with Gasteiger partial charge in [-0.1, -0.05) is 18.2 Å². The first kappa shape index (κ1) is 16.1. The second-order valence-corrected chi connectivity index (χ2v) is 7.47. The number of thiophene rings is 1. The van der Waals surface area contributed by atoms with Crippen LogP contribution >= 0.6 is 11.3 Å². The summed E-state index contributed by atoms with van der Waals surface area (Å²) in [6.07, 6.45) is 2.43. The molecule has 0 radical (unpaired) electrons. The zero-order valence-corrected chi connectivity index (χ0v) is 15.0. The molecule has 1 fully saturated rings. The molecule has 1 atom stereocenters. The molecule has 130 valence electrons. The highest BCUT2D eigenvalue weighted by Crippen LogP contribution is 2.34. The molecule has 0 bridgehead atoms. The number of benzene rings is 1. The van der Waals surface area contributed by atoms with Gasteiger partial charge in [-0.15, -0.1) is 11.3 Å². The third-order valence-electron chi connectivity index (χ3n) is 5.05. The quantitative estimate of drug-likeness (QED) is 0.722.